The number of rotatable bonds is 3. The Labute approximate surface area is 110 Å². The Morgan fingerprint density at radius 3 is 3.00 bits per heavy atom. The molecule has 0 aromatic carbocycles. The molecule has 0 aliphatic rings. The minimum Gasteiger partial charge on any atom is -0.395 e. The van der Waals surface area contributed by atoms with E-state index in [1.165, 1.54) is 11.3 Å². The molecule has 2 aromatic heterocycles. The maximum absolute atomic E-state index is 11.9. The molecule has 2 aromatic rings. The largest absolute Gasteiger partial charge is 0.395 e. The number of carbonyl (C=O) groups is 1. The number of amides is 1. The minimum absolute atomic E-state index is 0.202. The van der Waals surface area contributed by atoms with Crippen LogP contribution in [0.1, 0.15) is 23.1 Å². The maximum atomic E-state index is 11.9. The highest BCUT2D eigenvalue weighted by molar-refractivity contribution is 9.11. The van der Waals surface area contributed by atoms with Gasteiger partial charge in [0.2, 0.25) is 0 Å². The third-order valence-corrected chi connectivity index (χ3v) is 3.54. The first-order valence-electron chi connectivity index (χ1n) is 4.87. The van der Waals surface area contributed by atoms with Gasteiger partial charge >= 0.3 is 0 Å². The lowest BCUT2D eigenvalue weighted by atomic mass is 10.2. The molecule has 0 atom stereocenters. The second-order valence-corrected chi connectivity index (χ2v) is 5.65. The summed E-state index contributed by atoms with van der Waals surface area (Å²) < 4.78 is 0.844. The van der Waals surface area contributed by atoms with Crippen LogP contribution in [0, 0.1) is 0 Å². The molecular weight excluding hydrogens is 306 g/mol. The highest BCUT2D eigenvalue weighted by Gasteiger charge is 2.17. The molecule has 0 radical (unpaired) electrons. The van der Waals surface area contributed by atoms with Crippen LogP contribution in [0.2, 0.25) is 0 Å². The van der Waals surface area contributed by atoms with Gasteiger partial charge in [-0.2, -0.15) is 5.10 Å². The first-order chi connectivity index (χ1) is 8.11. The number of carbonyl (C=O) groups excluding carboxylic acids is 1. The average Bonchev–Trinajstić information content (AvgIpc) is 2.85. The first-order valence-corrected chi connectivity index (χ1v) is 6.48. The number of H-pyrrole nitrogens is 1. The van der Waals surface area contributed by atoms with Gasteiger partial charge in [0.05, 0.1) is 21.4 Å². The molecule has 2 rings (SSSR count). The molecule has 6 nitrogen and oxygen atoms in total. The Bertz CT molecular complexity index is 549. The number of aromatic amines is 1. The lowest BCUT2D eigenvalue weighted by molar-refractivity contribution is 0.102. The number of hydrogen-bond acceptors (Lipinski definition) is 5. The molecule has 0 saturated heterocycles. The smallest absolute Gasteiger partial charge is 0.280 e. The molecule has 0 spiro atoms. The van der Waals surface area contributed by atoms with E-state index < -0.39 is 0 Å². The highest BCUT2D eigenvalue weighted by Crippen LogP contribution is 2.24. The lowest BCUT2D eigenvalue weighted by Gasteiger charge is -1.99. The van der Waals surface area contributed by atoms with Gasteiger partial charge in [-0.05, 0) is 22.4 Å². The van der Waals surface area contributed by atoms with Crippen molar-refractivity contribution < 1.29 is 4.79 Å². The van der Waals surface area contributed by atoms with Gasteiger partial charge in [0.25, 0.3) is 5.91 Å². The van der Waals surface area contributed by atoms with E-state index in [0.717, 1.165) is 9.48 Å². The second kappa shape index (κ2) is 4.84. The average molecular weight is 316 g/mol. The summed E-state index contributed by atoms with van der Waals surface area (Å²) in [7, 11) is 0. The van der Waals surface area contributed by atoms with Crippen molar-refractivity contribution in [3.05, 3.63) is 21.4 Å². The number of anilines is 2. The number of hydrogen-bond donors (Lipinski definition) is 3. The van der Waals surface area contributed by atoms with Gasteiger partial charge in [-0.25, -0.2) is 4.98 Å². The summed E-state index contributed by atoms with van der Waals surface area (Å²) >= 11 is 4.59. The van der Waals surface area contributed by atoms with Crippen LogP contribution in [0.25, 0.3) is 0 Å². The van der Waals surface area contributed by atoms with Crippen LogP contribution in [-0.4, -0.2) is 21.1 Å². The van der Waals surface area contributed by atoms with Gasteiger partial charge in [-0.15, -0.1) is 0 Å². The van der Waals surface area contributed by atoms with Crippen molar-refractivity contribution in [2.45, 2.75) is 13.3 Å². The molecule has 0 fully saturated rings. The van der Waals surface area contributed by atoms with Crippen molar-refractivity contribution in [1.82, 2.24) is 15.2 Å². The van der Waals surface area contributed by atoms with Crippen molar-refractivity contribution in [3.63, 3.8) is 0 Å². The SMILES string of the molecule is CCc1[nH]nc(C(=O)Nc2ncc(Br)s2)c1N. The van der Waals surface area contributed by atoms with Gasteiger partial charge in [-0.1, -0.05) is 18.3 Å². The third-order valence-electron chi connectivity index (χ3n) is 2.15. The van der Waals surface area contributed by atoms with Gasteiger partial charge in [0.15, 0.2) is 10.8 Å². The summed E-state index contributed by atoms with van der Waals surface area (Å²) in [5.74, 6) is -0.361. The summed E-state index contributed by atoms with van der Waals surface area (Å²) in [5, 5.41) is 9.76. The Kier molecular flexibility index (Phi) is 3.43. The van der Waals surface area contributed by atoms with Crippen molar-refractivity contribution in [2.75, 3.05) is 11.1 Å². The number of aryl methyl sites for hydroxylation is 1. The first kappa shape index (κ1) is 12.1. The molecule has 0 saturated carbocycles. The normalized spacial score (nSPS) is 10.5. The predicted octanol–water partition coefficient (Wildman–Crippen LogP) is 2.03. The summed E-state index contributed by atoms with van der Waals surface area (Å²) in [6.07, 6.45) is 2.32. The van der Waals surface area contributed by atoms with Crippen LogP contribution < -0.4 is 11.1 Å². The van der Waals surface area contributed by atoms with Gasteiger partial charge in [-0.3, -0.25) is 15.2 Å². The van der Waals surface area contributed by atoms with E-state index in [9.17, 15) is 4.79 Å². The van der Waals surface area contributed by atoms with Gasteiger partial charge < -0.3 is 5.73 Å². The standard InChI is InChI=1S/C9H10BrN5OS/c1-2-4-6(11)7(15-14-4)8(16)13-9-12-3-5(10)17-9/h3H,2,11H2,1H3,(H,14,15)(H,12,13,16). The summed E-state index contributed by atoms with van der Waals surface area (Å²) in [6, 6.07) is 0. The fraction of sp³-hybridized carbons (Fsp3) is 0.222. The van der Waals surface area contributed by atoms with Gasteiger partial charge in [0.1, 0.15) is 0 Å². The number of thiazole rings is 1. The molecule has 0 unspecified atom stereocenters. The molecule has 0 aliphatic heterocycles. The molecule has 90 valence electrons. The zero-order valence-electron chi connectivity index (χ0n) is 8.95. The van der Waals surface area contributed by atoms with Crippen LogP contribution in [-0.2, 0) is 6.42 Å². The Hall–Kier alpha value is -1.41. The molecule has 17 heavy (non-hydrogen) atoms. The molecule has 8 heteroatoms. The van der Waals surface area contributed by atoms with Crippen molar-refractivity contribution >= 4 is 44.0 Å². The number of aromatic nitrogens is 3. The summed E-state index contributed by atoms with van der Waals surface area (Å²) in [6.45, 7) is 1.93. The summed E-state index contributed by atoms with van der Waals surface area (Å²) in [4.78, 5) is 15.8. The fourth-order valence-corrected chi connectivity index (χ4v) is 2.40. The third kappa shape index (κ3) is 2.47. The number of nitrogen functional groups attached to an aromatic ring is 1. The van der Waals surface area contributed by atoms with E-state index in [2.05, 4.69) is 36.4 Å². The van der Waals surface area contributed by atoms with Gasteiger partial charge in [0, 0.05) is 0 Å². The summed E-state index contributed by atoms with van der Waals surface area (Å²) in [5.41, 5.74) is 7.14. The van der Waals surface area contributed by atoms with E-state index in [-0.39, 0.29) is 11.6 Å². The van der Waals surface area contributed by atoms with E-state index in [1.807, 2.05) is 6.92 Å². The molecule has 4 N–H and O–H groups in total. The second-order valence-electron chi connectivity index (χ2n) is 3.24. The minimum atomic E-state index is -0.361. The van der Waals surface area contributed by atoms with Crippen LogP contribution in [0.4, 0.5) is 10.8 Å². The quantitative estimate of drug-likeness (QED) is 0.807. The Balaban J connectivity index is 2.17. The highest BCUT2D eigenvalue weighted by atomic mass is 79.9. The van der Waals surface area contributed by atoms with E-state index in [0.29, 0.717) is 17.2 Å². The molecular formula is C9H10BrN5OS. The number of nitrogens with two attached hydrogens (primary N) is 1. The van der Waals surface area contributed by atoms with E-state index in [1.54, 1.807) is 6.20 Å². The van der Waals surface area contributed by atoms with E-state index >= 15 is 0 Å². The zero-order valence-corrected chi connectivity index (χ0v) is 11.4. The molecule has 2 heterocycles. The lowest BCUT2D eigenvalue weighted by Crippen LogP contribution is -2.14. The van der Waals surface area contributed by atoms with Crippen LogP contribution in [0.5, 0.6) is 0 Å². The van der Waals surface area contributed by atoms with E-state index in [4.69, 9.17) is 5.73 Å². The Morgan fingerprint density at radius 2 is 2.47 bits per heavy atom. The van der Waals surface area contributed by atoms with Crippen molar-refractivity contribution in [1.29, 1.82) is 0 Å². The predicted molar refractivity (Wildman–Crippen MR) is 70.1 cm³/mol. The molecule has 0 aliphatic carbocycles. The Morgan fingerprint density at radius 1 is 1.71 bits per heavy atom. The zero-order chi connectivity index (χ0) is 12.4. The van der Waals surface area contributed by atoms with Crippen molar-refractivity contribution in [2.24, 2.45) is 0 Å². The number of nitrogens with one attached hydrogen (secondary N) is 2. The van der Waals surface area contributed by atoms with Crippen LogP contribution >= 0.6 is 27.3 Å². The molecule has 1 amide bonds. The van der Waals surface area contributed by atoms with Crippen molar-refractivity contribution in [3.8, 4) is 0 Å². The number of nitrogens with zero attached hydrogens (tertiary/aromatic N) is 2. The monoisotopic (exact) mass is 315 g/mol. The fourth-order valence-electron chi connectivity index (χ4n) is 1.30. The van der Waals surface area contributed by atoms with Crippen LogP contribution in [0.15, 0.2) is 9.98 Å². The van der Waals surface area contributed by atoms with Crippen LogP contribution in [0.3, 0.4) is 0 Å². The maximum Gasteiger partial charge on any atom is 0.280 e. The molecule has 0 bridgehead atoms. The topological polar surface area (TPSA) is 96.7 Å². The number of halogens is 1.